The first kappa shape index (κ1) is 12.9. The van der Waals surface area contributed by atoms with E-state index in [4.69, 9.17) is 14.7 Å². The van der Waals surface area contributed by atoms with Crippen molar-refractivity contribution in [1.29, 1.82) is 5.26 Å². The lowest BCUT2D eigenvalue weighted by Gasteiger charge is -2.09. The molecule has 2 aromatic rings. The normalized spacial score (nSPS) is 9.74. The molecule has 0 aliphatic rings. The molecule has 96 valence electrons. The number of ether oxygens (including phenoxy) is 2. The lowest BCUT2D eigenvalue weighted by molar-refractivity contribution is 0.338. The van der Waals surface area contributed by atoms with Crippen LogP contribution in [0.1, 0.15) is 12.5 Å². The first-order valence-electron chi connectivity index (χ1n) is 5.96. The van der Waals surface area contributed by atoms with E-state index < -0.39 is 0 Å². The summed E-state index contributed by atoms with van der Waals surface area (Å²) in [4.78, 5) is 4.33. The third-order valence-corrected chi connectivity index (χ3v) is 2.67. The Hall–Kier alpha value is -2.54. The van der Waals surface area contributed by atoms with Gasteiger partial charge in [-0.2, -0.15) is 5.26 Å². The van der Waals surface area contributed by atoms with Crippen LogP contribution in [0, 0.1) is 11.3 Å². The van der Waals surface area contributed by atoms with E-state index in [1.54, 1.807) is 19.4 Å². The van der Waals surface area contributed by atoms with Crippen LogP contribution in [0.2, 0.25) is 0 Å². The van der Waals surface area contributed by atoms with E-state index in [0.29, 0.717) is 23.6 Å². The fraction of sp³-hybridized carbons (Fsp3) is 0.200. The summed E-state index contributed by atoms with van der Waals surface area (Å²) in [6.07, 6.45) is 1.57. The van der Waals surface area contributed by atoms with Crippen molar-refractivity contribution < 1.29 is 9.47 Å². The molecule has 0 bridgehead atoms. The zero-order valence-electron chi connectivity index (χ0n) is 10.9. The lowest BCUT2D eigenvalue weighted by Crippen LogP contribution is -1.97. The van der Waals surface area contributed by atoms with Gasteiger partial charge in [-0.05, 0) is 25.1 Å². The highest BCUT2D eigenvalue weighted by Gasteiger charge is 2.10. The number of benzene rings is 1. The van der Waals surface area contributed by atoms with E-state index in [-0.39, 0.29) is 0 Å². The predicted octanol–water partition coefficient (Wildman–Crippen LogP) is 3.03. The summed E-state index contributed by atoms with van der Waals surface area (Å²) in [6, 6.07) is 11.4. The minimum Gasteiger partial charge on any atom is -0.496 e. The molecule has 0 fully saturated rings. The van der Waals surface area contributed by atoms with Gasteiger partial charge < -0.3 is 9.47 Å². The summed E-state index contributed by atoms with van der Waals surface area (Å²) in [6.45, 7) is 2.37. The molecule has 2 rings (SSSR count). The Morgan fingerprint density at radius 2 is 2.05 bits per heavy atom. The van der Waals surface area contributed by atoms with Crippen molar-refractivity contribution in [1.82, 2.24) is 4.98 Å². The third-order valence-electron chi connectivity index (χ3n) is 2.67. The molecular formula is C15H14N2O2. The third kappa shape index (κ3) is 2.66. The topological polar surface area (TPSA) is 55.1 Å². The molecular weight excluding hydrogens is 240 g/mol. The minimum absolute atomic E-state index is 0.470. The average molecular weight is 254 g/mol. The summed E-state index contributed by atoms with van der Waals surface area (Å²) in [5, 5.41) is 9.15. The van der Waals surface area contributed by atoms with E-state index in [1.165, 1.54) is 0 Å². The lowest BCUT2D eigenvalue weighted by atomic mass is 10.1. The molecule has 0 aliphatic heterocycles. The number of rotatable bonds is 4. The van der Waals surface area contributed by atoms with Crippen molar-refractivity contribution >= 4 is 0 Å². The van der Waals surface area contributed by atoms with Gasteiger partial charge in [0.15, 0.2) is 5.75 Å². The summed E-state index contributed by atoms with van der Waals surface area (Å²) < 4.78 is 10.7. The van der Waals surface area contributed by atoms with Gasteiger partial charge in [0.25, 0.3) is 0 Å². The van der Waals surface area contributed by atoms with Crippen molar-refractivity contribution in [3.05, 3.63) is 42.1 Å². The molecule has 0 saturated carbocycles. The average Bonchev–Trinajstić information content (AvgIpc) is 2.48. The van der Waals surface area contributed by atoms with Crippen LogP contribution in [0.25, 0.3) is 11.3 Å². The fourth-order valence-corrected chi connectivity index (χ4v) is 1.80. The minimum atomic E-state index is 0.470. The molecule has 0 unspecified atom stereocenters. The van der Waals surface area contributed by atoms with E-state index >= 15 is 0 Å². The van der Waals surface area contributed by atoms with Gasteiger partial charge in [-0.15, -0.1) is 0 Å². The zero-order valence-corrected chi connectivity index (χ0v) is 10.9. The van der Waals surface area contributed by atoms with Gasteiger partial charge >= 0.3 is 0 Å². The number of hydrogen-bond donors (Lipinski definition) is 0. The second-order valence-corrected chi connectivity index (χ2v) is 3.81. The Balaban J connectivity index is 2.49. The number of nitrogens with zero attached hydrogens (tertiary/aromatic N) is 2. The molecule has 0 aliphatic carbocycles. The van der Waals surface area contributed by atoms with E-state index in [9.17, 15) is 0 Å². The molecule has 1 aromatic heterocycles. The molecule has 1 aromatic carbocycles. The Morgan fingerprint density at radius 3 is 2.74 bits per heavy atom. The number of para-hydroxylation sites is 1. The molecule has 0 amide bonds. The van der Waals surface area contributed by atoms with Gasteiger partial charge in [-0.1, -0.05) is 12.1 Å². The molecule has 0 spiro atoms. The van der Waals surface area contributed by atoms with Gasteiger partial charge in [0.1, 0.15) is 11.8 Å². The molecule has 0 radical (unpaired) electrons. The first-order chi connectivity index (χ1) is 9.30. The number of pyridine rings is 1. The highest BCUT2D eigenvalue weighted by molar-refractivity contribution is 5.69. The monoisotopic (exact) mass is 254 g/mol. The van der Waals surface area contributed by atoms with Crippen LogP contribution >= 0.6 is 0 Å². The standard InChI is InChI=1S/C15H14N2O2/c1-3-19-15-10-17-13(8-11(15)9-16)12-6-4-5-7-14(12)18-2/h4-8,10H,3H2,1-2H3. The predicted molar refractivity (Wildman–Crippen MR) is 72.1 cm³/mol. The van der Waals surface area contributed by atoms with Crippen LogP contribution in [0.5, 0.6) is 11.5 Å². The Morgan fingerprint density at radius 1 is 1.26 bits per heavy atom. The molecule has 0 atom stereocenters. The van der Waals surface area contributed by atoms with Gasteiger partial charge in [-0.3, -0.25) is 4.98 Å². The Kier molecular flexibility index (Phi) is 3.99. The second-order valence-electron chi connectivity index (χ2n) is 3.81. The SMILES string of the molecule is CCOc1cnc(-c2ccccc2OC)cc1C#N. The van der Waals surface area contributed by atoms with Crippen LogP contribution in [0.15, 0.2) is 36.5 Å². The smallest absolute Gasteiger partial charge is 0.155 e. The molecule has 19 heavy (non-hydrogen) atoms. The van der Waals surface area contributed by atoms with Gasteiger partial charge in [0.05, 0.1) is 31.2 Å². The van der Waals surface area contributed by atoms with E-state index in [2.05, 4.69) is 11.1 Å². The van der Waals surface area contributed by atoms with Crippen LogP contribution in [-0.4, -0.2) is 18.7 Å². The quantitative estimate of drug-likeness (QED) is 0.841. The number of hydrogen-bond acceptors (Lipinski definition) is 4. The summed E-state index contributed by atoms with van der Waals surface area (Å²) in [5.41, 5.74) is 2.01. The van der Waals surface area contributed by atoms with E-state index in [0.717, 1.165) is 11.3 Å². The van der Waals surface area contributed by atoms with Crippen LogP contribution in [-0.2, 0) is 0 Å². The van der Waals surface area contributed by atoms with Crippen molar-refractivity contribution in [2.24, 2.45) is 0 Å². The number of methoxy groups -OCH3 is 1. The maximum absolute atomic E-state index is 9.15. The Bertz CT molecular complexity index is 618. The van der Waals surface area contributed by atoms with Crippen LogP contribution in [0.4, 0.5) is 0 Å². The zero-order chi connectivity index (χ0) is 13.7. The molecule has 1 heterocycles. The van der Waals surface area contributed by atoms with Crippen molar-refractivity contribution in [2.75, 3.05) is 13.7 Å². The molecule has 4 heteroatoms. The van der Waals surface area contributed by atoms with E-state index in [1.807, 2.05) is 31.2 Å². The number of aromatic nitrogens is 1. The largest absolute Gasteiger partial charge is 0.496 e. The second kappa shape index (κ2) is 5.87. The van der Waals surface area contributed by atoms with Gasteiger partial charge in [-0.25, -0.2) is 0 Å². The summed E-state index contributed by atoms with van der Waals surface area (Å²) in [7, 11) is 1.61. The summed E-state index contributed by atoms with van der Waals surface area (Å²) >= 11 is 0. The van der Waals surface area contributed by atoms with Gasteiger partial charge in [0, 0.05) is 5.56 Å². The highest BCUT2D eigenvalue weighted by atomic mass is 16.5. The maximum atomic E-state index is 9.15. The maximum Gasteiger partial charge on any atom is 0.155 e. The highest BCUT2D eigenvalue weighted by Crippen LogP contribution is 2.30. The molecule has 4 nitrogen and oxygen atoms in total. The number of nitriles is 1. The fourth-order valence-electron chi connectivity index (χ4n) is 1.80. The van der Waals surface area contributed by atoms with Crippen LogP contribution in [0.3, 0.4) is 0 Å². The van der Waals surface area contributed by atoms with Crippen molar-refractivity contribution in [3.63, 3.8) is 0 Å². The first-order valence-corrected chi connectivity index (χ1v) is 5.96. The van der Waals surface area contributed by atoms with Crippen molar-refractivity contribution in [3.8, 4) is 28.8 Å². The molecule has 0 N–H and O–H groups in total. The van der Waals surface area contributed by atoms with Crippen LogP contribution < -0.4 is 9.47 Å². The Labute approximate surface area is 112 Å². The van der Waals surface area contributed by atoms with Gasteiger partial charge in [0.2, 0.25) is 0 Å². The molecule has 0 saturated heterocycles. The van der Waals surface area contributed by atoms with Crippen molar-refractivity contribution in [2.45, 2.75) is 6.92 Å². The summed E-state index contributed by atoms with van der Waals surface area (Å²) in [5.74, 6) is 1.23.